The van der Waals surface area contributed by atoms with Crippen molar-refractivity contribution in [1.82, 2.24) is 9.97 Å². The van der Waals surface area contributed by atoms with Gasteiger partial charge in [-0.25, -0.2) is 9.97 Å². The van der Waals surface area contributed by atoms with E-state index in [0.717, 1.165) is 33.3 Å². The zero-order valence-corrected chi connectivity index (χ0v) is 18.1. The fourth-order valence-corrected chi connectivity index (χ4v) is 3.75. The Balaban J connectivity index is 1.58. The molecule has 2 heterocycles. The Morgan fingerprint density at radius 3 is 1.52 bits per heavy atom. The van der Waals surface area contributed by atoms with Gasteiger partial charge >= 0.3 is 0 Å². The van der Waals surface area contributed by atoms with E-state index in [4.69, 9.17) is 24.5 Å². The van der Waals surface area contributed by atoms with Crippen LogP contribution in [0.3, 0.4) is 0 Å². The molecule has 0 saturated carbocycles. The van der Waals surface area contributed by atoms with E-state index in [1.807, 2.05) is 30.3 Å². The maximum Gasteiger partial charge on any atom is 0.227 e. The minimum atomic E-state index is 0.430. The molecule has 5 aromatic rings. The highest BCUT2D eigenvalue weighted by molar-refractivity contribution is 5.81. The quantitative estimate of drug-likeness (QED) is 0.318. The molecule has 2 aromatic heterocycles. The van der Waals surface area contributed by atoms with Crippen LogP contribution in [0.15, 0.2) is 63.4 Å². The summed E-state index contributed by atoms with van der Waals surface area (Å²) in [5.41, 5.74) is 14.1. The molecule has 0 spiro atoms. The van der Waals surface area contributed by atoms with Crippen molar-refractivity contribution >= 4 is 27.9 Å². The molecule has 5 rings (SSSR count). The van der Waals surface area contributed by atoms with Gasteiger partial charge in [0.2, 0.25) is 11.8 Å². The molecule has 0 saturated heterocycles. The summed E-state index contributed by atoms with van der Waals surface area (Å²) in [6.07, 6.45) is 0. The van der Waals surface area contributed by atoms with E-state index in [1.54, 1.807) is 0 Å². The van der Waals surface area contributed by atoms with Crippen molar-refractivity contribution in [3.05, 3.63) is 65.7 Å². The van der Waals surface area contributed by atoms with Gasteiger partial charge in [0.15, 0.2) is 11.2 Å². The Morgan fingerprint density at radius 1 is 0.645 bits per heavy atom. The molecule has 156 valence electrons. The van der Waals surface area contributed by atoms with E-state index in [-0.39, 0.29) is 0 Å². The highest BCUT2D eigenvalue weighted by atomic mass is 16.4. The Morgan fingerprint density at radius 2 is 1.10 bits per heavy atom. The molecule has 3 aromatic carbocycles. The molecule has 0 fully saturated rings. The summed E-state index contributed by atoms with van der Waals surface area (Å²) in [5, 5.41) is 0. The monoisotopic (exact) mass is 411 g/mol. The van der Waals surface area contributed by atoms with Gasteiger partial charge in [-0.05, 0) is 65.4 Å². The molecule has 0 aliphatic rings. The van der Waals surface area contributed by atoms with E-state index in [2.05, 4.69) is 52.0 Å². The van der Waals surface area contributed by atoms with Gasteiger partial charge in [-0.3, -0.25) is 0 Å². The first kappa shape index (κ1) is 19.4. The fourth-order valence-electron chi connectivity index (χ4n) is 3.75. The summed E-state index contributed by atoms with van der Waals surface area (Å²) in [7, 11) is 0. The summed E-state index contributed by atoms with van der Waals surface area (Å²) in [4.78, 5) is 9.40. The molecule has 0 atom stereocenters. The molecule has 0 radical (unpaired) electrons. The van der Waals surface area contributed by atoms with E-state index in [9.17, 15) is 0 Å². The molecule has 5 heteroatoms. The standard InChI is InChI=1S/C26H25N3O2/c1-14(2)16-5-7-23-21(12-16)28-25(30-23)18-9-19(11-20(27)10-18)26-29-22-13-17(15(3)4)6-8-24(22)31-26/h5-15H,27H2,1-4H3. The molecule has 5 nitrogen and oxygen atoms in total. The number of hydrogen-bond donors (Lipinski definition) is 1. The number of nitrogens with zero attached hydrogens (tertiary/aromatic N) is 2. The average Bonchev–Trinajstić information content (AvgIpc) is 3.36. The van der Waals surface area contributed by atoms with Crippen molar-refractivity contribution < 1.29 is 8.83 Å². The topological polar surface area (TPSA) is 78.1 Å². The van der Waals surface area contributed by atoms with E-state index in [1.165, 1.54) is 11.1 Å². The SMILES string of the molecule is CC(C)c1ccc2oc(-c3cc(N)cc(-c4nc5cc(C(C)C)ccc5o4)c3)nc2c1. The number of benzene rings is 3. The lowest BCUT2D eigenvalue weighted by atomic mass is 10.0. The van der Waals surface area contributed by atoms with E-state index >= 15 is 0 Å². The Kier molecular flexibility index (Phi) is 4.54. The van der Waals surface area contributed by atoms with Gasteiger partial charge in [0.1, 0.15) is 11.0 Å². The first-order valence-corrected chi connectivity index (χ1v) is 10.6. The van der Waals surface area contributed by atoms with Gasteiger partial charge in [0, 0.05) is 16.8 Å². The zero-order valence-electron chi connectivity index (χ0n) is 18.1. The predicted molar refractivity (Wildman–Crippen MR) is 125 cm³/mol. The fraction of sp³-hybridized carbons (Fsp3) is 0.231. The van der Waals surface area contributed by atoms with Crippen LogP contribution >= 0.6 is 0 Å². The zero-order chi connectivity index (χ0) is 21.7. The number of nitrogen functional groups attached to an aromatic ring is 1. The van der Waals surface area contributed by atoms with Crippen molar-refractivity contribution in [2.24, 2.45) is 0 Å². The second kappa shape index (κ2) is 7.27. The molecular weight excluding hydrogens is 386 g/mol. The van der Waals surface area contributed by atoms with Crippen LogP contribution in [-0.4, -0.2) is 9.97 Å². The number of anilines is 1. The van der Waals surface area contributed by atoms with Gasteiger partial charge in [0.05, 0.1) is 0 Å². The summed E-state index contributed by atoms with van der Waals surface area (Å²) in [6, 6.07) is 17.9. The molecule has 0 amide bonds. The molecule has 0 bridgehead atoms. The third-order valence-electron chi connectivity index (χ3n) is 5.61. The number of rotatable bonds is 4. The third-order valence-corrected chi connectivity index (χ3v) is 5.61. The summed E-state index contributed by atoms with van der Waals surface area (Å²) in [5.74, 6) is 1.92. The number of fused-ring (bicyclic) bond motifs is 2. The van der Waals surface area contributed by atoms with Gasteiger partial charge < -0.3 is 14.6 Å². The van der Waals surface area contributed by atoms with Crippen LogP contribution in [0.1, 0.15) is 50.7 Å². The maximum atomic E-state index is 6.21. The Bertz CT molecular complexity index is 1310. The summed E-state index contributed by atoms with van der Waals surface area (Å²) < 4.78 is 12.0. The second-order valence-corrected chi connectivity index (χ2v) is 8.65. The first-order chi connectivity index (χ1) is 14.9. The van der Waals surface area contributed by atoms with Crippen molar-refractivity contribution in [1.29, 1.82) is 0 Å². The lowest BCUT2D eigenvalue weighted by Gasteiger charge is -2.02. The smallest absolute Gasteiger partial charge is 0.227 e. The molecule has 0 unspecified atom stereocenters. The molecule has 0 aliphatic carbocycles. The number of aromatic nitrogens is 2. The maximum absolute atomic E-state index is 6.21. The number of hydrogen-bond acceptors (Lipinski definition) is 5. The van der Waals surface area contributed by atoms with Crippen molar-refractivity contribution in [2.45, 2.75) is 39.5 Å². The average molecular weight is 412 g/mol. The lowest BCUT2D eigenvalue weighted by molar-refractivity contribution is 0.617. The largest absolute Gasteiger partial charge is 0.436 e. The molecular formula is C26H25N3O2. The molecule has 0 aliphatic heterocycles. The Labute approximate surface area is 180 Å². The van der Waals surface area contributed by atoms with E-state index < -0.39 is 0 Å². The van der Waals surface area contributed by atoms with Gasteiger partial charge in [-0.15, -0.1) is 0 Å². The molecule has 31 heavy (non-hydrogen) atoms. The van der Waals surface area contributed by atoms with Gasteiger partial charge in [0.25, 0.3) is 0 Å². The van der Waals surface area contributed by atoms with Crippen LogP contribution in [0.25, 0.3) is 45.1 Å². The Hall–Kier alpha value is -3.60. The summed E-state index contributed by atoms with van der Waals surface area (Å²) >= 11 is 0. The normalized spacial score (nSPS) is 11.9. The van der Waals surface area contributed by atoms with Gasteiger partial charge in [-0.2, -0.15) is 0 Å². The first-order valence-electron chi connectivity index (χ1n) is 10.6. The number of nitrogens with two attached hydrogens (primary N) is 1. The van der Waals surface area contributed by atoms with Crippen LogP contribution in [0.5, 0.6) is 0 Å². The predicted octanol–water partition coefficient (Wildman–Crippen LogP) is 7.13. The second-order valence-electron chi connectivity index (χ2n) is 8.65. The van der Waals surface area contributed by atoms with E-state index in [0.29, 0.717) is 29.3 Å². The highest BCUT2D eigenvalue weighted by Crippen LogP contribution is 2.33. The van der Waals surface area contributed by atoms with Crippen LogP contribution in [0.4, 0.5) is 5.69 Å². The molecule has 2 N–H and O–H groups in total. The highest BCUT2D eigenvalue weighted by Gasteiger charge is 2.15. The minimum absolute atomic E-state index is 0.430. The van der Waals surface area contributed by atoms with Crippen molar-refractivity contribution in [3.63, 3.8) is 0 Å². The van der Waals surface area contributed by atoms with Crippen molar-refractivity contribution in [2.75, 3.05) is 5.73 Å². The van der Waals surface area contributed by atoms with Crippen LogP contribution in [0.2, 0.25) is 0 Å². The summed E-state index contributed by atoms with van der Waals surface area (Å²) in [6.45, 7) is 8.65. The van der Waals surface area contributed by atoms with Crippen LogP contribution in [-0.2, 0) is 0 Å². The van der Waals surface area contributed by atoms with Crippen LogP contribution < -0.4 is 5.73 Å². The number of oxazole rings is 2. The lowest BCUT2D eigenvalue weighted by Crippen LogP contribution is -1.89. The van der Waals surface area contributed by atoms with Crippen molar-refractivity contribution in [3.8, 4) is 22.9 Å². The van der Waals surface area contributed by atoms with Crippen LogP contribution in [0, 0.1) is 0 Å². The van der Waals surface area contributed by atoms with Gasteiger partial charge in [-0.1, -0.05) is 39.8 Å². The minimum Gasteiger partial charge on any atom is -0.436 e. The third kappa shape index (κ3) is 3.56.